The van der Waals surface area contributed by atoms with Gasteiger partial charge in [0.15, 0.2) is 5.69 Å². The topological polar surface area (TPSA) is 77.2 Å². The largest absolute Gasteiger partial charge is 0.492 e. The predicted molar refractivity (Wildman–Crippen MR) is 63.9 cm³/mol. The lowest BCUT2D eigenvalue weighted by molar-refractivity contribution is 0.0690. The lowest BCUT2D eigenvalue weighted by Crippen LogP contribution is -2.08. The van der Waals surface area contributed by atoms with Gasteiger partial charge in [-0.25, -0.2) is 13.9 Å². The smallest absolute Gasteiger partial charge is 0.358 e. The van der Waals surface area contributed by atoms with Crippen LogP contribution in [-0.2, 0) is 6.54 Å². The first kappa shape index (κ1) is 13.3. The van der Waals surface area contributed by atoms with Gasteiger partial charge in [-0.05, 0) is 12.1 Å². The van der Waals surface area contributed by atoms with E-state index in [4.69, 9.17) is 21.4 Å². The highest BCUT2D eigenvalue weighted by molar-refractivity contribution is 6.30. The normalized spacial score (nSPS) is 10.4. The minimum Gasteiger partial charge on any atom is -0.492 e. The average Bonchev–Trinajstić information content (AvgIpc) is 2.83. The van der Waals surface area contributed by atoms with Crippen LogP contribution in [0.1, 0.15) is 10.5 Å². The van der Waals surface area contributed by atoms with Crippen molar-refractivity contribution in [2.24, 2.45) is 0 Å². The zero-order valence-electron chi connectivity index (χ0n) is 9.58. The summed E-state index contributed by atoms with van der Waals surface area (Å²) in [5, 5.41) is 15.7. The molecule has 1 N–H and O–H groups in total. The summed E-state index contributed by atoms with van der Waals surface area (Å²) >= 11 is 5.60. The van der Waals surface area contributed by atoms with Crippen molar-refractivity contribution in [3.8, 4) is 5.75 Å². The Labute approximate surface area is 112 Å². The van der Waals surface area contributed by atoms with Crippen LogP contribution in [0, 0.1) is 5.82 Å². The van der Waals surface area contributed by atoms with Crippen LogP contribution in [-0.4, -0.2) is 32.7 Å². The van der Waals surface area contributed by atoms with Crippen LogP contribution in [0.15, 0.2) is 24.4 Å². The Hall–Kier alpha value is -2.15. The maximum atomic E-state index is 12.9. The second-order valence-electron chi connectivity index (χ2n) is 3.60. The molecule has 1 aromatic carbocycles. The van der Waals surface area contributed by atoms with E-state index in [-0.39, 0.29) is 17.3 Å². The summed E-state index contributed by atoms with van der Waals surface area (Å²) in [4.78, 5) is 10.6. The second kappa shape index (κ2) is 5.66. The van der Waals surface area contributed by atoms with Gasteiger partial charge in [0.2, 0.25) is 0 Å². The van der Waals surface area contributed by atoms with Gasteiger partial charge in [0, 0.05) is 6.07 Å². The van der Waals surface area contributed by atoms with Crippen molar-refractivity contribution in [1.29, 1.82) is 0 Å². The highest BCUT2D eigenvalue weighted by Gasteiger charge is 2.08. The number of hydrogen-bond donors (Lipinski definition) is 1. The first-order chi connectivity index (χ1) is 9.06. The van der Waals surface area contributed by atoms with E-state index in [9.17, 15) is 9.18 Å². The van der Waals surface area contributed by atoms with Crippen molar-refractivity contribution in [2.75, 3.05) is 6.61 Å². The summed E-state index contributed by atoms with van der Waals surface area (Å²) in [6, 6.07) is 4.02. The Morgan fingerprint density at radius 2 is 2.32 bits per heavy atom. The lowest BCUT2D eigenvalue weighted by atomic mass is 10.3. The zero-order chi connectivity index (χ0) is 13.8. The van der Waals surface area contributed by atoms with Gasteiger partial charge in [0.05, 0.1) is 17.8 Å². The van der Waals surface area contributed by atoms with Crippen molar-refractivity contribution in [2.45, 2.75) is 6.54 Å². The van der Waals surface area contributed by atoms with Crippen molar-refractivity contribution >= 4 is 17.6 Å². The average molecular weight is 286 g/mol. The highest BCUT2D eigenvalue weighted by atomic mass is 35.5. The molecule has 100 valence electrons. The van der Waals surface area contributed by atoms with Gasteiger partial charge in [-0.3, -0.25) is 0 Å². The molecule has 1 heterocycles. The second-order valence-corrected chi connectivity index (χ2v) is 4.00. The Morgan fingerprint density at radius 1 is 1.53 bits per heavy atom. The fourth-order valence-corrected chi connectivity index (χ4v) is 1.50. The molecule has 0 saturated heterocycles. The fraction of sp³-hybridized carbons (Fsp3) is 0.182. The number of hydrogen-bond acceptors (Lipinski definition) is 4. The quantitative estimate of drug-likeness (QED) is 0.907. The molecule has 0 saturated carbocycles. The van der Waals surface area contributed by atoms with Crippen LogP contribution in [0.4, 0.5) is 4.39 Å². The molecular weight excluding hydrogens is 277 g/mol. The fourth-order valence-electron chi connectivity index (χ4n) is 1.33. The number of benzene rings is 1. The Balaban J connectivity index is 1.88. The van der Waals surface area contributed by atoms with E-state index in [1.165, 1.54) is 29.1 Å². The minimum absolute atomic E-state index is 0.0218. The Morgan fingerprint density at radius 3 is 2.95 bits per heavy atom. The van der Waals surface area contributed by atoms with Gasteiger partial charge in [-0.2, -0.15) is 0 Å². The van der Waals surface area contributed by atoms with E-state index in [1.54, 1.807) is 0 Å². The highest BCUT2D eigenvalue weighted by Crippen LogP contribution is 2.20. The molecule has 6 nitrogen and oxygen atoms in total. The zero-order valence-corrected chi connectivity index (χ0v) is 10.3. The van der Waals surface area contributed by atoms with Crippen molar-refractivity contribution in [3.05, 3.63) is 40.9 Å². The van der Waals surface area contributed by atoms with E-state index in [2.05, 4.69) is 10.3 Å². The van der Waals surface area contributed by atoms with Crippen LogP contribution in [0.3, 0.4) is 0 Å². The van der Waals surface area contributed by atoms with Crippen LogP contribution in [0.5, 0.6) is 5.75 Å². The molecule has 19 heavy (non-hydrogen) atoms. The maximum Gasteiger partial charge on any atom is 0.358 e. The number of carbonyl (C=O) groups is 1. The number of carboxylic acid groups (broad SMARTS) is 1. The summed E-state index contributed by atoms with van der Waals surface area (Å²) in [5.41, 5.74) is -0.134. The summed E-state index contributed by atoms with van der Waals surface area (Å²) in [5.74, 6) is -1.24. The molecule has 0 bridgehead atoms. The van der Waals surface area contributed by atoms with Gasteiger partial charge in [-0.1, -0.05) is 16.8 Å². The van der Waals surface area contributed by atoms with Crippen molar-refractivity contribution < 1.29 is 19.0 Å². The third kappa shape index (κ3) is 3.41. The van der Waals surface area contributed by atoms with Crippen LogP contribution in [0.25, 0.3) is 0 Å². The monoisotopic (exact) mass is 285 g/mol. The summed E-state index contributed by atoms with van der Waals surface area (Å²) in [6.07, 6.45) is 1.29. The molecule has 2 aromatic rings. The molecule has 0 aliphatic rings. The summed E-state index contributed by atoms with van der Waals surface area (Å²) < 4.78 is 19.6. The van der Waals surface area contributed by atoms with Crippen LogP contribution >= 0.6 is 11.6 Å². The molecule has 0 aliphatic carbocycles. The third-order valence-corrected chi connectivity index (χ3v) is 2.53. The minimum atomic E-state index is -1.14. The van der Waals surface area contributed by atoms with Crippen molar-refractivity contribution in [1.82, 2.24) is 15.0 Å². The standard InChI is InChI=1S/C11H9ClFN3O3/c12-8-5-7(1-2-9(8)13)19-4-3-16-6-10(11(17)18)14-15-16/h1-2,5-6H,3-4H2,(H,17,18). The molecule has 1 aromatic heterocycles. The van der Waals surface area contributed by atoms with Gasteiger partial charge < -0.3 is 9.84 Å². The number of rotatable bonds is 5. The third-order valence-electron chi connectivity index (χ3n) is 2.24. The van der Waals surface area contributed by atoms with Gasteiger partial charge in [0.25, 0.3) is 0 Å². The molecule has 0 radical (unpaired) electrons. The Bertz CT molecular complexity index is 603. The lowest BCUT2D eigenvalue weighted by Gasteiger charge is -2.06. The van der Waals surface area contributed by atoms with E-state index in [0.29, 0.717) is 12.3 Å². The number of nitrogens with zero attached hydrogens (tertiary/aromatic N) is 3. The molecule has 0 atom stereocenters. The van der Waals surface area contributed by atoms with E-state index in [0.717, 1.165) is 0 Å². The molecule has 0 amide bonds. The molecule has 0 unspecified atom stereocenters. The molecule has 2 rings (SSSR count). The number of carboxylic acids is 1. The van der Waals surface area contributed by atoms with Crippen molar-refractivity contribution in [3.63, 3.8) is 0 Å². The molecular formula is C11H9ClFN3O3. The van der Waals surface area contributed by atoms with Crippen LogP contribution in [0.2, 0.25) is 5.02 Å². The van der Waals surface area contributed by atoms with E-state index >= 15 is 0 Å². The summed E-state index contributed by atoms with van der Waals surface area (Å²) in [6.45, 7) is 0.541. The number of aromatic nitrogens is 3. The summed E-state index contributed by atoms with van der Waals surface area (Å²) in [7, 11) is 0. The Kier molecular flexibility index (Phi) is 3.96. The predicted octanol–water partition coefficient (Wildman–Crippen LogP) is 1.85. The first-order valence-electron chi connectivity index (χ1n) is 5.27. The number of halogens is 2. The maximum absolute atomic E-state index is 12.9. The molecule has 8 heteroatoms. The number of ether oxygens (including phenoxy) is 1. The molecule has 0 fully saturated rings. The van der Waals surface area contributed by atoms with E-state index < -0.39 is 11.8 Å². The van der Waals surface area contributed by atoms with E-state index in [1.807, 2.05) is 0 Å². The van der Waals surface area contributed by atoms with Gasteiger partial charge >= 0.3 is 5.97 Å². The van der Waals surface area contributed by atoms with Gasteiger partial charge in [0.1, 0.15) is 18.2 Å². The SMILES string of the molecule is O=C(O)c1cn(CCOc2ccc(F)c(Cl)c2)nn1. The molecule has 0 aliphatic heterocycles. The molecule has 0 spiro atoms. The van der Waals surface area contributed by atoms with Crippen LogP contribution < -0.4 is 4.74 Å². The first-order valence-corrected chi connectivity index (χ1v) is 5.65. The van der Waals surface area contributed by atoms with Gasteiger partial charge in [-0.15, -0.1) is 5.10 Å². The number of aromatic carboxylic acids is 1.